The Balaban J connectivity index is 1.40. The van der Waals surface area contributed by atoms with E-state index in [1.165, 1.54) is 11.1 Å². The summed E-state index contributed by atoms with van der Waals surface area (Å²) in [4.78, 5) is 34.3. The summed E-state index contributed by atoms with van der Waals surface area (Å²) in [5.41, 5.74) is 4.68. The van der Waals surface area contributed by atoms with E-state index in [1.807, 2.05) is 37.1 Å². The number of fused-ring (bicyclic) bond motifs is 3. The van der Waals surface area contributed by atoms with E-state index < -0.39 is 12.1 Å². The van der Waals surface area contributed by atoms with Crippen LogP contribution < -0.4 is 10.6 Å². The first-order chi connectivity index (χ1) is 15.5. The van der Waals surface area contributed by atoms with Crippen LogP contribution in [0, 0.1) is 11.8 Å². The first kappa shape index (κ1) is 22.9. The molecular formula is C25H26N2O5. The fraction of sp³-hybridized carbons (Fsp3) is 0.320. The Bertz CT molecular complexity index is 1010. The summed E-state index contributed by atoms with van der Waals surface area (Å²) >= 11 is 0. The van der Waals surface area contributed by atoms with Gasteiger partial charge in [-0.25, -0.2) is 9.59 Å². The van der Waals surface area contributed by atoms with Crippen LogP contribution in [0.3, 0.4) is 0 Å². The van der Waals surface area contributed by atoms with Crippen molar-refractivity contribution in [2.45, 2.75) is 38.1 Å². The SMILES string of the molecule is CC(CCCC(=O)NCC#CC(=O)O)NC(=O)OCC1c2ccccc2-c2ccccc21. The smallest absolute Gasteiger partial charge is 0.407 e. The molecule has 0 fully saturated rings. The minimum Gasteiger partial charge on any atom is -0.472 e. The second-order valence-corrected chi connectivity index (χ2v) is 7.65. The summed E-state index contributed by atoms with van der Waals surface area (Å²) in [6, 6.07) is 16.2. The second-order valence-electron chi connectivity index (χ2n) is 7.65. The van der Waals surface area contributed by atoms with Crippen molar-refractivity contribution in [2.75, 3.05) is 13.2 Å². The van der Waals surface area contributed by atoms with Gasteiger partial charge < -0.3 is 20.5 Å². The number of benzene rings is 2. The lowest BCUT2D eigenvalue weighted by molar-refractivity contribution is -0.130. The third kappa shape index (κ3) is 6.11. The fourth-order valence-electron chi connectivity index (χ4n) is 3.83. The molecule has 3 N–H and O–H groups in total. The number of carbonyl (C=O) groups is 3. The molecule has 0 aromatic heterocycles. The summed E-state index contributed by atoms with van der Waals surface area (Å²) < 4.78 is 5.53. The van der Waals surface area contributed by atoms with E-state index in [9.17, 15) is 14.4 Å². The molecule has 0 radical (unpaired) electrons. The van der Waals surface area contributed by atoms with Gasteiger partial charge >= 0.3 is 12.1 Å². The minimum absolute atomic E-state index is 0.00130. The maximum Gasteiger partial charge on any atom is 0.407 e. The second kappa shape index (κ2) is 11.0. The van der Waals surface area contributed by atoms with Crippen LogP contribution in [0.15, 0.2) is 48.5 Å². The van der Waals surface area contributed by atoms with Crippen LogP contribution in [-0.2, 0) is 14.3 Å². The molecule has 32 heavy (non-hydrogen) atoms. The molecule has 2 aromatic carbocycles. The highest BCUT2D eigenvalue weighted by Crippen LogP contribution is 2.44. The molecule has 1 aliphatic rings. The van der Waals surface area contributed by atoms with Gasteiger partial charge in [0.05, 0.1) is 6.54 Å². The van der Waals surface area contributed by atoms with Crippen LogP contribution in [0.5, 0.6) is 0 Å². The van der Waals surface area contributed by atoms with Gasteiger partial charge in [-0.3, -0.25) is 4.79 Å². The van der Waals surface area contributed by atoms with E-state index in [0.717, 1.165) is 11.1 Å². The van der Waals surface area contributed by atoms with E-state index in [0.29, 0.717) is 12.8 Å². The maximum atomic E-state index is 12.3. The highest BCUT2D eigenvalue weighted by Gasteiger charge is 2.29. The topological polar surface area (TPSA) is 105 Å². The van der Waals surface area contributed by atoms with Crippen molar-refractivity contribution in [2.24, 2.45) is 0 Å². The van der Waals surface area contributed by atoms with Gasteiger partial charge in [0.15, 0.2) is 0 Å². The molecular weight excluding hydrogens is 408 g/mol. The van der Waals surface area contributed by atoms with Crippen LogP contribution >= 0.6 is 0 Å². The van der Waals surface area contributed by atoms with Crippen molar-refractivity contribution in [1.29, 1.82) is 0 Å². The first-order valence-electron chi connectivity index (χ1n) is 10.6. The number of nitrogens with one attached hydrogen (secondary N) is 2. The summed E-state index contributed by atoms with van der Waals surface area (Å²) in [7, 11) is 0. The van der Waals surface area contributed by atoms with Crippen LogP contribution in [0.1, 0.15) is 43.2 Å². The average Bonchev–Trinajstić information content (AvgIpc) is 3.09. The van der Waals surface area contributed by atoms with Gasteiger partial charge in [0.2, 0.25) is 5.91 Å². The summed E-state index contributed by atoms with van der Waals surface area (Å²) in [5.74, 6) is 2.84. The predicted molar refractivity (Wildman–Crippen MR) is 120 cm³/mol. The number of hydrogen-bond donors (Lipinski definition) is 3. The molecule has 166 valence electrons. The number of carboxylic acids is 1. The van der Waals surface area contributed by atoms with Gasteiger partial charge in [-0.15, -0.1) is 0 Å². The molecule has 0 aliphatic heterocycles. The van der Waals surface area contributed by atoms with Gasteiger partial charge in [-0.1, -0.05) is 54.5 Å². The quantitative estimate of drug-likeness (QED) is 0.553. The Morgan fingerprint density at radius 1 is 1.06 bits per heavy atom. The highest BCUT2D eigenvalue weighted by molar-refractivity contribution is 5.86. The Morgan fingerprint density at radius 3 is 2.31 bits per heavy atom. The third-order valence-corrected chi connectivity index (χ3v) is 5.32. The molecule has 1 atom stereocenters. The largest absolute Gasteiger partial charge is 0.472 e. The van der Waals surface area contributed by atoms with Crippen molar-refractivity contribution in [1.82, 2.24) is 10.6 Å². The predicted octanol–water partition coefficient (Wildman–Crippen LogP) is 3.29. The van der Waals surface area contributed by atoms with Crippen LogP contribution in [0.4, 0.5) is 4.79 Å². The Labute approximate surface area is 187 Å². The number of aliphatic carboxylic acids is 1. The maximum absolute atomic E-state index is 12.3. The van der Waals surface area contributed by atoms with Crippen molar-refractivity contribution in [3.63, 3.8) is 0 Å². The standard InChI is InChI=1S/C25H26N2O5/c1-17(8-6-13-23(28)26-15-7-14-24(29)30)27-25(31)32-16-22-20-11-4-2-9-18(20)19-10-3-5-12-21(19)22/h2-5,9-12,17,22H,6,8,13,15-16H2,1H3,(H,26,28)(H,27,31)(H,29,30). The average molecular weight is 434 g/mol. The Morgan fingerprint density at radius 2 is 1.69 bits per heavy atom. The van der Waals surface area contributed by atoms with Gasteiger partial charge in [0.25, 0.3) is 0 Å². The van der Waals surface area contributed by atoms with Crippen molar-refractivity contribution in [3.05, 3.63) is 59.7 Å². The molecule has 1 unspecified atom stereocenters. The lowest BCUT2D eigenvalue weighted by Crippen LogP contribution is -2.34. The van der Waals surface area contributed by atoms with Gasteiger partial charge in [-0.2, -0.15) is 0 Å². The van der Waals surface area contributed by atoms with Crippen molar-refractivity contribution < 1.29 is 24.2 Å². The van der Waals surface area contributed by atoms with Gasteiger partial charge in [-0.05, 0) is 42.0 Å². The zero-order valence-corrected chi connectivity index (χ0v) is 17.9. The zero-order valence-electron chi connectivity index (χ0n) is 17.9. The number of carbonyl (C=O) groups excluding carboxylic acids is 2. The molecule has 0 spiro atoms. The number of amides is 2. The van der Waals surface area contributed by atoms with Gasteiger partial charge in [0, 0.05) is 24.3 Å². The molecule has 0 heterocycles. The monoisotopic (exact) mass is 434 g/mol. The minimum atomic E-state index is -1.23. The van der Waals surface area contributed by atoms with Gasteiger partial charge in [0.1, 0.15) is 6.61 Å². The number of carboxylic acid groups (broad SMARTS) is 1. The van der Waals surface area contributed by atoms with E-state index in [4.69, 9.17) is 9.84 Å². The Hall–Kier alpha value is -3.79. The molecule has 2 aromatic rings. The van der Waals surface area contributed by atoms with Crippen molar-refractivity contribution >= 4 is 18.0 Å². The lowest BCUT2D eigenvalue weighted by atomic mass is 9.98. The number of alkyl carbamates (subject to hydrolysis) is 1. The third-order valence-electron chi connectivity index (χ3n) is 5.32. The number of rotatable bonds is 8. The van der Waals surface area contributed by atoms with Crippen LogP contribution in [0.2, 0.25) is 0 Å². The van der Waals surface area contributed by atoms with E-state index >= 15 is 0 Å². The zero-order chi connectivity index (χ0) is 22.9. The van der Waals surface area contributed by atoms with E-state index in [-0.39, 0.29) is 37.4 Å². The molecule has 2 amide bonds. The molecule has 0 saturated heterocycles. The molecule has 7 nitrogen and oxygen atoms in total. The molecule has 0 saturated carbocycles. The normalized spacial score (nSPS) is 12.5. The molecule has 7 heteroatoms. The highest BCUT2D eigenvalue weighted by atomic mass is 16.5. The lowest BCUT2D eigenvalue weighted by Gasteiger charge is -2.17. The molecule has 0 bridgehead atoms. The van der Waals surface area contributed by atoms with Crippen molar-refractivity contribution in [3.8, 4) is 23.0 Å². The van der Waals surface area contributed by atoms with Crippen LogP contribution in [-0.4, -0.2) is 42.3 Å². The van der Waals surface area contributed by atoms with E-state index in [1.54, 1.807) is 0 Å². The summed E-state index contributed by atoms with van der Waals surface area (Å²) in [6.07, 6.45) is 0.972. The molecule has 1 aliphatic carbocycles. The number of hydrogen-bond acceptors (Lipinski definition) is 4. The first-order valence-corrected chi connectivity index (χ1v) is 10.6. The fourth-order valence-corrected chi connectivity index (χ4v) is 3.83. The summed E-state index contributed by atoms with van der Waals surface area (Å²) in [6.45, 7) is 2.11. The van der Waals surface area contributed by atoms with Crippen LogP contribution in [0.25, 0.3) is 11.1 Å². The van der Waals surface area contributed by atoms with E-state index in [2.05, 4.69) is 40.8 Å². The Kier molecular flexibility index (Phi) is 7.87. The molecule has 3 rings (SSSR count). The number of ether oxygens (including phenoxy) is 1. The summed E-state index contributed by atoms with van der Waals surface area (Å²) in [5, 5.41) is 13.8.